The molecular weight excluding hydrogens is 801 g/mol. The molecule has 0 aliphatic heterocycles. The third-order valence-electron chi connectivity index (χ3n) is 13.4. The Morgan fingerprint density at radius 2 is 0.431 bits per heavy atom. The second-order valence-electron chi connectivity index (χ2n) is 17.1. The fourth-order valence-electron chi connectivity index (χ4n) is 10.6. The van der Waals surface area contributed by atoms with Gasteiger partial charge in [0.2, 0.25) is 0 Å². The molecule has 0 nitrogen and oxygen atoms in total. The molecule has 0 bridgehead atoms. The van der Waals surface area contributed by atoms with Crippen molar-refractivity contribution in [3.05, 3.63) is 243 Å². The molecule has 12 aromatic carbocycles. The predicted octanol–water partition coefficient (Wildman–Crippen LogP) is 18.7. The summed E-state index contributed by atoms with van der Waals surface area (Å²) in [5, 5.41) is 12.7. The first-order chi connectivity index (χ1) is 32.2. The summed E-state index contributed by atoms with van der Waals surface area (Å²) >= 11 is 1.87. The average molecular weight is 841 g/mol. The molecule has 0 saturated carbocycles. The molecule has 13 aromatic rings. The quantitative estimate of drug-likeness (QED) is 0.146. The van der Waals surface area contributed by atoms with Crippen molar-refractivity contribution in [1.82, 2.24) is 0 Å². The van der Waals surface area contributed by atoms with Gasteiger partial charge < -0.3 is 0 Å². The lowest BCUT2D eigenvalue weighted by atomic mass is 9.85. The van der Waals surface area contributed by atoms with E-state index in [2.05, 4.69) is 243 Å². The fraction of sp³-hybridized carbons (Fsp3) is 0. The van der Waals surface area contributed by atoms with Crippen molar-refractivity contribution >= 4 is 74.6 Å². The van der Waals surface area contributed by atoms with E-state index in [9.17, 15) is 0 Å². The Hall–Kier alpha value is -8.10. The van der Waals surface area contributed by atoms with E-state index in [-0.39, 0.29) is 0 Å². The van der Waals surface area contributed by atoms with E-state index < -0.39 is 0 Å². The first-order valence-electron chi connectivity index (χ1n) is 22.4. The van der Waals surface area contributed by atoms with Gasteiger partial charge in [0, 0.05) is 20.2 Å². The molecule has 0 aliphatic carbocycles. The van der Waals surface area contributed by atoms with E-state index in [1.165, 1.54) is 130 Å². The lowest BCUT2D eigenvalue weighted by molar-refractivity contribution is 1.63. The number of hydrogen-bond donors (Lipinski definition) is 0. The largest absolute Gasteiger partial charge is 0.135 e. The minimum atomic E-state index is 1.21. The normalized spacial score (nSPS) is 11.7. The van der Waals surface area contributed by atoms with Gasteiger partial charge in [-0.3, -0.25) is 0 Å². The van der Waals surface area contributed by atoms with Crippen LogP contribution >= 0.6 is 11.3 Å². The molecule has 65 heavy (non-hydrogen) atoms. The smallest absolute Gasteiger partial charge is 0.0355 e. The summed E-state index contributed by atoms with van der Waals surface area (Å²) in [5.74, 6) is 0. The molecule has 0 atom stereocenters. The molecule has 0 saturated heterocycles. The maximum absolute atomic E-state index is 2.41. The Labute approximate surface area is 382 Å². The Kier molecular flexibility index (Phi) is 8.82. The Balaban J connectivity index is 0.924. The van der Waals surface area contributed by atoms with Gasteiger partial charge >= 0.3 is 0 Å². The highest BCUT2D eigenvalue weighted by molar-refractivity contribution is 7.25. The molecule has 0 aliphatic rings. The van der Waals surface area contributed by atoms with E-state index >= 15 is 0 Å². The highest BCUT2D eigenvalue weighted by Crippen LogP contribution is 2.47. The van der Waals surface area contributed by atoms with Gasteiger partial charge in [-0.1, -0.05) is 206 Å². The van der Waals surface area contributed by atoms with Gasteiger partial charge in [0.25, 0.3) is 0 Å². The maximum Gasteiger partial charge on any atom is 0.0355 e. The topological polar surface area (TPSA) is 0 Å². The van der Waals surface area contributed by atoms with Gasteiger partial charge in [0.15, 0.2) is 0 Å². The number of benzene rings is 12. The van der Waals surface area contributed by atoms with Crippen molar-refractivity contribution in [3.8, 4) is 66.8 Å². The Morgan fingerprint density at radius 3 is 0.769 bits per heavy atom. The molecular formula is C64H40S. The monoisotopic (exact) mass is 840 g/mol. The predicted molar refractivity (Wildman–Crippen MR) is 282 cm³/mol. The molecule has 0 unspecified atom stereocenters. The van der Waals surface area contributed by atoms with Gasteiger partial charge in [-0.05, 0) is 146 Å². The zero-order chi connectivity index (χ0) is 42.8. The zero-order valence-electron chi connectivity index (χ0n) is 35.5. The van der Waals surface area contributed by atoms with Crippen molar-refractivity contribution in [2.24, 2.45) is 0 Å². The number of thiophene rings is 1. The fourth-order valence-corrected chi connectivity index (χ4v) is 11.6. The van der Waals surface area contributed by atoms with Crippen LogP contribution in [0.4, 0.5) is 0 Å². The van der Waals surface area contributed by atoms with Crippen LogP contribution < -0.4 is 0 Å². The second-order valence-corrected chi connectivity index (χ2v) is 18.2. The van der Waals surface area contributed by atoms with Crippen LogP contribution in [-0.2, 0) is 0 Å². The van der Waals surface area contributed by atoms with E-state index in [0.717, 1.165) is 0 Å². The molecule has 0 amide bonds. The summed E-state index contributed by atoms with van der Waals surface area (Å²) < 4.78 is 2.60. The summed E-state index contributed by atoms with van der Waals surface area (Å²) in [6.07, 6.45) is 0. The average Bonchev–Trinajstić information content (AvgIpc) is 3.75. The van der Waals surface area contributed by atoms with E-state index in [1.807, 2.05) is 11.3 Å². The third kappa shape index (κ3) is 6.20. The molecule has 1 heterocycles. The van der Waals surface area contributed by atoms with Gasteiger partial charge in [0.1, 0.15) is 0 Å². The van der Waals surface area contributed by atoms with E-state index in [0.29, 0.717) is 0 Å². The van der Waals surface area contributed by atoms with Crippen molar-refractivity contribution < 1.29 is 0 Å². The van der Waals surface area contributed by atoms with Gasteiger partial charge in [0.05, 0.1) is 0 Å². The van der Waals surface area contributed by atoms with E-state index in [4.69, 9.17) is 0 Å². The molecule has 1 aromatic heterocycles. The number of fused-ring (bicyclic) bond motifs is 7. The highest BCUT2D eigenvalue weighted by atomic mass is 32.1. The van der Waals surface area contributed by atoms with Gasteiger partial charge in [-0.2, -0.15) is 0 Å². The lowest BCUT2D eigenvalue weighted by Gasteiger charge is -2.18. The van der Waals surface area contributed by atoms with E-state index in [1.54, 1.807) is 0 Å². The Bertz CT molecular complexity index is 3610. The van der Waals surface area contributed by atoms with Crippen LogP contribution in [0.25, 0.3) is 130 Å². The molecule has 302 valence electrons. The minimum absolute atomic E-state index is 1.21. The molecule has 0 N–H and O–H groups in total. The summed E-state index contributed by atoms with van der Waals surface area (Å²) in [7, 11) is 0. The summed E-state index contributed by atoms with van der Waals surface area (Å²) in [6, 6.07) is 89.7. The van der Waals surface area contributed by atoms with Crippen molar-refractivity contribution in [2.45, 2.75) is 0 Å². The van der Waals surface area contributed by atoms with Crippen molar-refractivity contribution in [2.75, 3.05) is 0 Å². The van der Waals surface area contributed by atoms with Gasteiger partial charge in [-0.15, -0.1) is 11.3 Å². The highest BCUT2D eigenvalue weighted by Gasteiger charge is 2.19. The standard InChI is InChI=1S/C64H40S/c1-3-17-41(18-4-1)61-49-25-7-11-29-53(49)63(54-30-12-8-26-50(54)61)47-23-15-21-43(37-47)45-33-35-59-57(39-45)58-40-46(34-36-60(58)65-59)44-22-16-24-48(38-44)64-55-31-13-9-27-51(55)62(42-19-5-2-6-20-42)52-28-10-14-32-56(52)64/h1-40H. The molecule has 13 rings (SSSR count). The first kappa shape index (κ1) is 37.5. The zero-order valence-corrected chi connectivity index (χ0v) is 36.3. The Morgan fingerprint density at radius 1 is 0.169 bits per heavy atom. The first-order valence-corrected chi connectivity index (χ1v) is 23.2. The maximum atomic E-state index is 2.41. The van der Waals surface area contributed by atoms with Crippen LogP contribution in [0.3, 0.4) is 0 Å². The molecule has 1 heteroatoms. The number of hydrogen-bond acceptors (Lipinski definition) is 1. The molecule has 0 fully saturated rings. The van der Waals surface area contributed by atoms with Crippen LogP contribution in [0.15, 0.2) is 243 Å². The summed E-state index contributed by atoms with van der Waals surface area (Å²) in [4.78, 5) is 0. The summed E-state index contributed by atoms with van der Waals surface area (Å²) in [6.45, 7) is 0. The van der Waals surface area contributed by atoms with Crippen LogP contribution in [0.2, 0.25) is 0 Å². The van der Waals surface area contributed by atoms with Crippen LogP contribution in [0.1, 0.15) is 0 Å². The lowest BCUT2D eigenvalue weighted by Crippen LogP contribution is -1.91. The van der Waals surface area contributed by atoms with Crippen LogP contribution in [-0.4, -0.2) is 0 Å². The van der Waals surface area contributed by atoms with Crippen LogP contribution in [0.5, 0.6) is 0 Å². The molecule has 0 spiro atoms. The third-order valence-corrected chi connectivity index (χ3v) is 14.6. The SMILES string of the molecule is c1ccc(-c2c3ccccc3c(-c3cccc(-c4ccc5sc6ccc(-c7cccc(-c8c9ccccc9c(-c9ccccc9)c9ccccc89)c7)cc6c5c4)c3)c3ccccc23)cc1. The second kappa shape index (κ2) is 15.3. The minimum Gasteiger partial charge on any atom is -0.135 e. The molecule has 0 radical (unpaired) electrons. The van der Waals surface area contributed by atoms with Crippen molar-refractivity contribution in [3.63, 3.8) is 0 Å². The van der Waals surface area contributed by atoms with Crippen LogP contribution in [0, 0.1) is 0 Å². The van der Waals surface area contributed by atoms with Gasteiger partial charge in [-0.25, -0.2) is 0 Å². The number of rotatable bonds is 6. The van der Waals surface area contributed by atoms with Crippen molar-refractivity contribution in [1.29, 1.82) is 0 Å². The summed E-state index contributed by atoms with van der Waals surface area (Å²) in [5.41, 5.74) is 14.9.